The van der Waals surface area contributed by atoms with Crippen molar-refractivity contribution in [3.8, 4) is 0 Å². The van der Waals surface area contributed by atoms with Gasteiger partial charge in [0, 0.05) is 24.8 Å². The van der Waals surface area contributed by atoms with Crippen LogP contribution in [-0.4, -0.2) is 23.2 Å². The third-order valence-corrected chi connectivity index (χ3v) is 3.66. The van der Waals surface area contributed by atoms with Crippen LogP contribution in [0, 0.1) is 5.92 Å². The topological polar surface area (TPSA) is 36.4 Å². The molecule has 17 heavy (non-hydrogen) atoms. The van der Waals surface area contributed by atoms with Gasteiger partial charge in [0.15, 0.2) is 0 Å². The Balaban J connectivity index is 2.21. The minimum Gasteiger partial charge on any atom is -0.389 e. The fourth-order valence-corrected chi connectivity index (χ4v) is 2.59. The van der Waals surface area contributed by atoms with Gasteiger partial charge >= 0.3 is 0 Å². The highest BCUT2D eigenvalue weighted by Crippen LogP contribution is 2.28. The maximum atomic E-state index is 9.79. The Morgan fingerprint density at radius 2 is 2.41 bits per heavy atom. The normalized spacial score (nSPS) is 22.5. The summed E-state index contributed by atoms with van der Waals surface area (Å²) in [5.74, 6) is 1.74. The molecular formula is C14H22N2O. The number of nitrogens with zero attached hydrogens (tertiary/aromatic N) is 2. The fraction of sp³-hybridized carbons (Fsp3) is 0.643. The molecule has 0 bridgehead atoms. The van der Waals surface area contributed by atoms with E-state index >= 15 is 0 Å². The summed E-state index contributed by atoms with van der Waals surface area (Å²) in [7, 11) is 0. The van der Waals surface area contributed by atoms with Crippen LogP contribution in [0.15, 0.2) is 18.3 Å². The van der Waals surface area contributed by atoms with Gasteiger partial charge in [0.2, 0.25) is 0 Å². The molecule has 2 atom stereocenters. The van der Waals surface area contributed by atoms with Crippen molar-refractivity contribution in [2.24, 2.45) is 5.92 Å². The molecule has 0 saturated carbocycles. The maximum absolute atomic E-state index is 9.79. The van der Waals surface area contributed by atoms with Crippen LogP contribution in [0.4, 0.5) is 5.82 Å². The van der Waals surface area contributed by atoms with Crippen LogP contribution in [0.3, 0.4) is 0 Å². The third kappa shape index (κ3) is 2.78. The number of anilines is 1. The van der Waals surface area contributed by atoms with E-state index in [4.69, 9.17) is 0 Å². The molecule has 2 heterocycles. The molecular weight excluding hydrogens is 212 g/mol. The first kappa shape index (κ1) is 12.4. The van der Waals surface area contributed by atoms with Gasteiger partial charge in [0.05, 0.1) is 6.10 Å². The van der Waals surface area contributed by atoms with Crippen molar-refractivity contribution in [1.29, 1.82) is 0 Å². The molecule has 1 aliphatic heterocycles. The fourth-order valence-electron chi connectivity index (χ4n) is 2.59. The molecule has 94 valence electrons. The zero-order valence-corrected chi connectivity index (χ0v) is 10.8. The second-order valence-electron chi connectivity index (χ2n) is 4.95. The molecule has 1 aromatic rings. The summed E-state index contributed by atoms with van der Waals surface area (Å²) in [6.07, 6.45) is 5.16. The zero-order valence-electron chi connectivity index (χ0n) is 10.8. The van der Waals surface area contributed by atoms with Crippen LogP contribution in [0.2, 0.25) is 0 Å². The van der Waals surface area contributed by atoms with E-state index in [2.05, 4.69) is 16.8 Å². The van der Waals surface area contributed by atoms with E-state index < -0.39 is 6.10 Å². The first-order valence-electron chi connectivity index (χ1n) is 6.60. The van der Waals surface area contributed by atoms with E-state index in [1.54, 1.807) is 0 Å². The third-order valence-electron chi connectivity index (χ3n) is 3.66. The van der Waals surface area contributed by atoms with Crippen LogP contribution in [0.5, 0.6) is 0 Å². The predicted octanol–water partition coefficient (Wildman–Crippen LogP) is 2.76. The number of piperidine rings is 1. The molecule has 3 nitrogen and oxygen atoms in total. The lowest BCUT2D eigenvalue weighted by molar-refractivity contribution is 0.199. The van der Waals surface area contributed by atoms with Gasteiger partial charge in [-0.1, -0.05) is 19.4 Å². The molecule has 2 rings (SSSR count). The lowest BCUT2D eigenvalue weighted by Gasteiger charge is -2.34. The van der Waals surface area contributed by atoms with Crippen LogP contribution in [0.25, 0.3) is 0 Å². The Hall–Kier alpha value is -1.09. The first-order chi connectivity index (χ1) is 8.22. The average molecular weight is 234 g/mol. The van der Waals surface area contributed by atoms with Crippen molar-refractivity contribution in [3.63, 3.8) is 0 Å². The highest BCUT2D eigenvalue weighted by atomic mass is 16.3. The molecule has 0 aromatic carbocycles. The van der Waals surface area contributed by atoms with E-state index in [9.17, 15) is 5.11 Å². The summed E-state index contributed by atoms with van der Waals surface area (Å²) in [6.45, 7) is 6.20. The zero-order chi connectivity index (χ0) is 12.3. The van der Waals surface area contributed by atoms with Crippen molar-refractivity contribution in [3.05, 3.63) is 23.9 Å². The molecule has 0 amide bonds. The quantitative estimate of drug-likeness (QED) is 0.873. The Morgan fingerprint density at radius 1 is 1.59 bits per heavy atom. The molecule has 2 unspecified atom stereocenters. The van der Waals surface area contributed by atoms with Gasteiger partial charge in [-0.15, -0.1) is 0 Å². The summed E-state index contributed by atoms with van der Waals surface area (Å²) < 4.78 is 0. The Kier molecular flexibility index (Phi) is 4.00. The number of pyridine rings is 1. The van der Waals surface area contributed by atoms with Crippen molar-refractivity contribution >= 4 is 5.82 Å². The average Bonchev–Trinajstić information content (AvgIpc) is 2.39. The molecule has 1 aromatic heterocycles. The SMILES string of the molecule is CCC1CCCN(c2ncccc2C(C)O)C1. The summed E-state index contributed by atoms with van der Waals surface area (Å²) in [5.41, 5.74) is 0.948. The van der Waals surface area contributed by atoms with Gasteiger partial charge in [-0.25, -0.2) is 4.98 Å². The van der Waals surface area contributed by atoms with Gasteiger partial charge in [0.25, 0.3) is 0 Å². The number of hydrogen-bond acceptors (Lipinski definition) is 3. The predicted molar refractivity (Wildman–Crippen MR) is 70.1 cm³/mol. The van der Waals surface area contributed by atoms with Crippen LogP contribution >= 0.6 is 0 Å². The lowest BCUT2D eigenvalue weighted by Crippen LogP contribution is -2.36. The van der Waals surface area contributed by atoms with Crippen molar-refractivity contribution in [2.75, 3.05) is 18.0 Å². The van der Waals surface area contributed by atoms with Gasteiger partial charge < -0.3 is 10.0 Å². The molecule has 3 heteroatoms. The van der Waals surface area contributed by atoms with Crippen LogP contribution in [0.1, 0.15) is 44.8 Å². The second-order valence-corrected chi connectivity index (χ2v) is 4.95. The highest BCUT2D eigenvalue weighted by Gasteiger charge is 2.22. The minimum absolute atomic E-state index is 0.444. The number of aliphatic hydroxyl groups is 1. The van der Waals surface area contributed by atoms with Gasteiger partial charge in [-0.05, 0) is 31.7 Å². The molecule has 0 aliphatic carbocycles. The Bertz CT molecular complexity index is 365. The van der Waals surface area contributed by atoms with Crippen molar-refractivity contribution in [2.45, 2.75) is 39.2 Å². The smallest absolute Gasteiger partial charge is 0.134 e. The van der Waals surface area contributed by atoms with Crippen LogP contribution in [-0.2, 0) is 0 Å². The summed E-state index contributed by atoms with van der Waals surface area (Å²) in [5, 5.41) is 9.79. The summed E-state index contributed by atoms with van der Waals surface area (Å²) in [6, 6.07) is 3.87. The van der Waals surface area contributed by atoms with Crippen LogP contribution < -0.4 is 4.90 Å². The van der Waals surface area contributed by atoms with Crippen molar-refractivity contribution < 1.29 is 5.11 Å². The number of aromatic nitrogens is 1. The first-order valence-corrected chi connectivity index (χ1v) is 6.60. The molecule has 1 saturated heterocycles. The van der Waals surface area contributed by atoms with E-state index in [0.717, 1.165) is 30.4 Å². The molecule has 0 spiro atoms. The van der Waals surface area contributed by atoms with E-state index in [-0.39, 0.29) is 0 Å². The molecule has 1 fully saturated rings. The number of hydrogen-bond donors (Lipinski definition) is 1. The Labute approximate surface area is 103 Å². The summed E-state index contributed by atoms with van der Waals surface area (Å²) in [4.78, 5) is 6.79. The summed E-state index contributed by atoms with van der Waals surface area (Å²) >= 11 is 0. The standard InChI is InChI=1S/C14H22N2O/c1-3-12-6-5-9-16(10-12)14-13(11(2)17)7-4-8-15-14/h4,7-8,11-12,17H,3,5-6,9-10H2,1-2H3. The minimum atomic E-state index is -0.444. The van der Waals surface area contributed by atoms with E-state index in [0.29, 0.717) is 0 Å². The van der Waals surface area contributed by atoms with Crippen molar-refractivity contribution in [1.82, 2.24) is 4.98 Å². The monoisotopic (exact) mass is 234 g/mol. The van der Waals surface area contributed by atoms with Gasteiger partial charge in [0.1, 0.15) is 5.82 Å². The molecule has 1 aliphatic rings. The second kappa shape index (κ2) is 5.50. The Morgan fingerprint density at radius 3 is 3.12 bits per heavy atom. The van der Waals surface area contributed by atoms with Gasteiger partial charge in [-0.2, -0.15) is 0 Å². The lowest BCUT2D eigenvalue weighted by atomic mass is 9.95. The maximum Gasteiger partial charge on any atom is 0.134 e. The number of aliphatic hydroxyl groups excluding tert-OH is 1. The number of rotatable bonds is 3. The molecule has 1 N–H and O–H groups in total. The van der Waals surface area contributed by atoms with E-state index in [1.165, 1.54) is 19.3 Å². The van der Waals surface area contributed by atoms with Gasteiger partial charge in [-0.3, -0.25) is 0 Å². The largest absolute Gasteiger partial charge is 0.389 e. The molecule has 0 radical (unpaired) electrons. The van der Waals surface area contributed by atoms with E-state index in [1.807, 2.05) is 25.3 Å². The highest BCUT2D eigenvalue weighted by molar-refractivity contribution is 5.48.